The summed E-state index contributed by atoms with van der Waals surface area (Å²) in [6.07, 6.45) is 0. The van der Waals surface area contributed by atoms with Gasteiger partial charge in [-0.05, 0) is 42.8 Å². The molecule has 6 nitrogen and oxygen atoms in total. The number of Topliss-reactive ketones (excluding diaryl/α,β-unsaturated/α-hetero) is 1. The zero-order valence-corrected chi connectivity index (χ0v) is 19.1. The Hall–Kier alpha value is -4.04. The van der Waals surface area contributed by atoms with Crippen molar-refractivity contribution >= 4 is 44.1 Å². The number of hydrogen-bond donors (Lipinski definition) is 1. The molecule has 8 heteroatoms. The molecular formula is C26H19FN2O4S. The van der Waals surface area contributed by atoms with Crippen molar-refractivity contribution in [2.75, 3.05) is 12.0 Å². The van der Waals surface area contributed by atoms with E-state index in [0.29, 0.717) is 27.1 Å². The second-order valence-corrected chi connectivity index (χ2v) is 8.93. The molecule has 1 fully saturated rings. The van der Waals surface area contributed by atoms with Gasteiger partial charge in [-0.1, -0.05) is 53.3 Å². The lowest BCUT2D eigenvalue weighted by atomic mass is 9.95. The number of rotatable bonds is 4. The summed E-state index contributed by atoms with van der Waals surface area (Å²) in [7, 11) is 1.52. The molecule has 0 radical (unpaired) electrons. The molecule has 0 aliphatic carbocycles. The van der Waals surface area contributed by atoms with Crippen LogP contribution < -0.4 is 9.64 Å². The number of ketones is 1. The van der Waals surface area contributed by atoms with Crippen molar-refractivity contribution in [2.45, 2.75) is 13.0 Å². The molecule has 1 amide bonds. The summed E-state index contributed by atoms with van der Waals surface area (Å²) in [5.74, 6) is -1.81. The number of carbonyl (C=O) groups is 2. The number of halogens is 1. The van der Waals surface area contributed by atoms with Gasteiger partial charge in [0.05, 0.1) is 28.9 Å². The lowest BCUT2D eigenvalue weighted by Gasteiger charge is -2.23. The van der Waals surface area contributed by atoms with E-state index in [1.807, 2.05) is 19.1 Å². The van der Waals surface area contributed by atoms with Crippen molar-refractivity contribution in [1.82, 2.24) is 4.98 Å². The first-order chi connectivity index (χ1) is 16.4. The number of carbonyl (C=O) groups excluding carboxylic acids is 2. The van der Waals surface area contributed by atoms with Crippen LogP contribution in [0.3, 0.4) is 0 Å². The largest absolute Gasteiger partial charge is 0.507 e. The third kappa shape index (κ3) is 3.62. The molecule has 1 aliphatic heterocycles. The molecule has 170 valence electrons. The number of thiazole rings is 1. The van der Waals surface area contributed by atoms with Crippen LogP contribution in [0.25, 0.3) is 16.0 Å². The van der Waals surface area contributed by atoms with Crippen LogP contribution in [0.2, 0.25) is 0 Å². The van der Waals surface area contributed by atoms with Gasteiger partial charge in [-0.15, -0.1) is 0 Å². The van der Waals surface area contributed by atoms with E-state index in [0.717, 1.165) is 16.9 Å². The Bertz CT molecular complexity index is 1480. The van der Waals surface area contributed by atoms with E-state index >= 15 is 0 Å². The number of benzene rings is 3. The molecule has 4 aromatic rings. The van der Waals surface area contributed by atoms with Crippen molar-refractivity contribution in [2.24, 2.45) is 0 Å². The fourth-order valence-electron chi connectivity index (χ4n) is 4.01. The van der Waals surface area contributed by atoms with Crippen LogP contribution in [0, 0.1) is 12.7 Å². The molecule has 1 unspecified atom stereocenters. The molecule has 3 aromatic carbocycles. The molecule has 1 N–H and O–H groups in total. The van der Waals surface area contributed by atoms with Gasteiger partial charge in [0, 0.05) is 5.56 Å². The summed E-state index contributed by atoms with van der Waals surface area (Å²) >= 11 is 1.10. The molecule has 5 rings (SSSR count). The maximum atomic E-state index is 13.8. The maximum absolute atomic E-state index is 13.8. The van der Waals surface area contributed by atoms with Crippen LogP contribution in [0.5, 0.6) is 5.75 Å². The monoisotopic (exact) mass is 474 g/mol. The summed E-state index contributed by atoms with van der Waals surface area (Å²) in [4.78, 5) is 32.3. The highest BCUT2D eigenvalue weighted by atomic mass is 32.1. The number of aryl methyl sites for hydroxylation is 1. The SMILES string of the molecule is COc1cccc(C2C(=C(O)c3ccc(C)cc3)C(=O)C(=O)N2c2nc3ccc(F)cc3s2)c1. The molecular weight excluding hydrogens is 455 g/mol. The van der Waals surface area contributed by atoms with Gasteiger partial charge in [0.25, 0.3) is 5.78 Å². The number of fused-ring (bicyclic) bond motifs is 1. The van der Waals surface area contributed by atoms with Crippen LogP contribution in [-0.4, -0.2) is 28.9 Å². The highest BCUT2D eigenvalue weighted by Gasteiger charge is 2.48. The predicted molar refractivity (Wildman–Crippen MR) is 129 cm³/mol. The van der Waals surface area contributed by atoms with E-state index < -0.39 is 23.5 Å². The zero-order valence-electron chi connectivity index (χ0n) is 18.3. The Kier molecular flexibility index (Phi) is 5.37. The Balaban J connectivity index is 1.74. The first-order valence-electron chi connectivity index (χ1n) is 10.5. The molecule has 2 heterocycles. The van der Waals surface area contributed by atoms with Crippen molar-refractivity contribution in [3.8, 4) is 5.75 Å². The fraction of sp³-hybridized carbons (Fsp3) is 0.115. The highest BCUT2D eigenvalue weighted by molar-refractivity contribution is 7.22. The van der Waals surface area contributed by atoms with Gasteiger partial charge in [0.2, 0.25) is 0 Å². The molecule has 1 saturated heterocycles. The van der Waals surface area contributed by atoms with E-state index in [9.17, 15) is 19.1 Å². The number of nitrogens with zero attached hydrogens (tertiary/aromatic N) is 2. The van der Waals surface area contributed by atoms with Crippen LogP contribution in [0.1, 0.15) is 22.7 Å². The van der Waals surface area contributed by atoms with Crippen molar-refractivity contribution in [3.63, 3.8) is 0 Å². The van der Waals surface area contributed by atoms with Gasteiger partial charge in [-0.3, -0.25) is 14.5 Å². The van der Waals surface area contributed by atoms with Crippen LogP contribution >= 0.6 is 11.3 Å². The molecule has 1 aliphatic rings. The number of anilines is 1. The fourth-order valence-corrected chi connectivity index (χ4v) is 5.03. The van der Waals surface area contributed by atoms with Gasteiger partial charge < -0.3 is 9.84 Å². The molecule has 34 heavy (non-hydrogen) atoms. The first-order valence-corrected chi connectivity index (χ1v) is 11.3. The Morgan fingerprint density at radius 3 is 2.59 bits per heavy atom. The number of aliphatic hydroxyl groups excluding tert-OH is 1. The van der Waals surface area contributed by atoms with Gasteiger partial charge in [-0.2, -0.15) is 0 Å². The first kappa shape index (κ1) is 21.8. The quantitative estimate of drug-likeness (QED) is 0.244. The predicted octanol–water partition coefficient (Wildman–Crippen LogP) is 5.38. The molecule has 0 saturated carbocycles. The highest BCUT2D eigenvalue weighted by Crippen LogP contribution is 2.44. The smallest absolute Gasteiger partial charge is 0.301 e. The van der Waals surface area contributed by atoms with Crippen molar-refractivity contribution < 1.29 is 23.8 Å². The Morgan fingerprint density at radius 2 is 1.85 bits per heavy atom. The lowest BCUT2D eigenvalue weighted by molar-refractivity contribution is -0.132. The van der Waals surface area contributed by atoms with E-state index in [1.165, 1.54) is 30.2 Å². The number of ether oxygens (including phenoxy) is 1. The topological polar surface area (TPSA) is 79.7 Å². The minimum Gasteiger partial charge on any atom is -0.507 e. The number of aromatic nitrogens is 1. The standard InChI is InChI=1S/C26H19FN2O4S/c1-14-6-8-15(9-7-14)23(30)21-22(16-4-3-5-18(12-16)33-2)29(25(32)24(21)31)26-28-19-11-10-17(27)13-20(19)34-26/h3-13,22,30H,1-2H3. The normalized spacial score (nSPS) is 17.5. The second-order valence-electron chi connectivity index (χ2n) is 7.92. The van der Waals surface area contributed by atoms with E-state index in [-0.39, 0.29) is 16.5 Å². The van der Waals surface area contributed by atoms with Gasteiger partial charge in [0.15, 0.2) is 5.13 Å². The van der Waals surface area contributed by atoms with E-state index in [4.69, 9.17) is 4.74 Å². The molecule has 1 atom stereocenters. The number of amides is 1. The summed E-state index contributed by atoms with van der Waals surface area (Å²) < 4.78 is 19.6. The van der Waals surface area contributed by atoms with Gasteiger partial charge >= 0.3 is 5.91 Å². The molecule has 0 spiro atoms. The van der Waals surface area contributed by atoms with Crippen LogP contribution in [-0.2, 0) is 9.59 Å². The van der Waals surface area contributed by atoms with Crippen LogP contribution in [0.4, 0.5) is 9.52 Å². The van der Waals surface area contributed by atoms with Crippen molar-refractivity contribution in [3.05, 3.63) is 94.8 Å². The number of hydrogen-bond acceptors (Lipinski definition) is 6. The van der Waals surface area contributed by atoms with Crippen molar-refractivity contribution in [1.29, 1.82) is 0 Å². The number of aliphatic hydroxyl groups is 1. The van der Waals surface area contributed by atoms with E-state index in [2.05, 4.69) is 4.98 Å². The van der Waals surface area contributed by atoms with Gasteiger partial charge in [-0.25, -0.2) is 9.37 Å². The summed E-state index contributed by atoms with van der Waals surface area (Å²) in [5.41, 5.74) is 2.43. The van der Waals surface area contributed by atoms with E-state index in [1.54, 1.807) is 36.4 Å². The zero-order chi connectivity index (χ0) is 24.0. The lowest BCUT2D eigenvalue weighted by Crippen LogP contribution is -2.29. The summed E-state index contributed by atoms with van der Waals surface area (Å²) in [6, 6.07) is 17.2. The second kappa shape index (κ2) is 8.39. The minimum absolute atomic E-state index is 0.0486. The van der Waals surface area contributed by atoms with Gasteiger partial charge in [0.1, 0.15) is 17.3 Å². The summed E-state index contributed by atoms with van der Waals surface area (Å²) in [6.45, 7) is 1.91. The molecule has 0 bridgehead atoms. The van der Waals surface area contributed by atoms with Crippen LogP contribution in [0.15, 0.2) is 72.3 Å². The maximum Gasteiger partial charge on any atom is 0.301 e. The minimum atomic E-state index is -0.943. The Labute approximate surface area is 198 Å². The third-order valence-corrected chi connectivity index (χ3v) is 6.74. The third-order valence-electron chi connectivity index (χ3n) is 5.72. The average Bonchev–Trinajstić information content (AvgIpc) is 3.37. The Morgan fingerprint density at radius 1 is 1.09 bits per heavy atom. The molecule has 1 aromatic heterocycles. The average molecular weight is 475 g/mol. The summed E-state index contributed by atoms with van der Waals surface area (Å²) in [5, 5.41) is 11.4. The number of methoxy groups -OCH3 is 1.